The second-order valence-electron chi connectivity index (χ2n) is 10.9. The summed E-state index contributed by atoms with van der Waals surface area (Å²) in [5.74, 6) is -0.665. The highest BCUT2D eigenvalue weighted by atomic mass is 16.6. The molecule has 0 aromatic carbocycles. The highest BCUT2D eigenvalue weighted by Gasteiger charge is 2.15. The van der Waals surface area contributed by atoms with E-state index < -0.39 is 6.10 Å². The van der Waals surface area contributed by atoms with Crippen molar-refractivity contribution in [1.82, 2.24) is 0 Å². The van der Waals surface area contributed by atoms with Gasteiger partial charge in [-0.1, -0.05) is 139 Å². The lowest BCUT2D eigenvalue weighted by Gasteiger charge is -2.15. The molecule has 0 aliphatic carbocycles. The molecule has 0 amide bonds. The van der Waals surface area contributed by atoms with E-state index in [0.29, 0.717) is 12.8 Å². The number of hydrogen-bond donors (Lipinski definition) is 1. The monoisotopic (exact) mass is 586 g/mol. The van der Waals surface area contributed by atoms with Crippen LogP contribution in [0.4, 0.5) is 0 Å². The van der Waals surface area contributed by atoms with Crippen LogP contribution in [0.1, 0.15) is 142 Å². The van der Waals surface area contributed by atoms with Crippen molar-refractivity contribution in [2.75, 3.05) is 13.2 Å². The van der Waals surface area contributed by atoms with Gasteiger partial charge in [-0.05, 0) is 51.4 Å². The summed E-state index contributed by atoms with van der Waals surface area (Å²) in [6, 6.07) is 0. The average molecular weight is 587 g/mol. The lowest BCUT2D eigenvalue weighted by Crippen LogP contribution is -2.28. The van der Waals surface area contributed by atoms with E-state index in [9.17, 15) is 14.7 Å². The molecule has 0 spiro atoms. The molecular weight excluding hydrogens is 524 g/mol. The summed E-state index contributed by atoms with van der Waals surface area (Å²) in [5, 5.41) is 9.49. The quantitative estimate of drug-likeness (QED) is 0.0536. The van der Waals surface area contributed by atoms with E-state index in [-0.39, 0.29) is 31.6 Å². The smallest absolute Gasteiger partial charge is 0.306 e. The van der Waals surface area contributed by atoms with E-state index in [1.54, 1.807) is 0 Å². The molecule has 240 valence electrons. The Kier molecular flexibility index (Phi) is 31.2. The van der Waals surface area contributed by atoms with Crippen molar-refractivity contribution in [3.63, 3.8) is 0 Å². The third-order valence-corrected chi connectivity index (χ3v) is 6.83. The van der Waals surface area contributed by atoms with Crippen LogP contribution in [-0.4, -0.2) is 36.4 Å². The summed E-state index contributed by atoms with van der Waals surface area (Å²) < 4.78 is 10.5. The number of esters is 2. The predicted molar refractivity (Wildman–Crippen MR) is 177 cm³/mol. The van der Waals surface area contributed by atoms with E-state index in [4.69, 9.17) is 9.47 Å². The van der Waals surface area contributed by atoms with Crippen molar-refractivity contribution in [3.05, 3.63) is 60.8 Å². The minimum absolute atomic E-state index is 0.0894. The van der Waals surface area contributed by atoms with Crippen LogP contribution < -0.4 is 0 Å². The maximum Gasteiger partial charge on any atom is 0.306 e. The van der Waals surface area contributed by atoms with Crippen LogP contribution >= 0.6 is 0 Å². The number of unbranched alkanes of at least 4 members (excludes halogenated alkanes) is 11. The Morgan fingerprint density at radius 2 is 1.02 bits per heavy atom. The van der Waals surface area contributed by atoms with Gasteiger partial charge in [0.15, 0.2) is 6.10 Å². The predicted octanol–water partition coefficient (Wildman–Crippen LogP) is 10.1. The van der Waals surface area contributed by atoms with Crippen LogP contribution in [0.25, 0.3) is 0 Å². The van der Waals surface area contributed by atoms with Crippen LogP contribution in [0.15, 0.2) is 60.8 Å². The highest BCUT2D eigenvalue weighted by Crippen LogP contribution is 2.12. The number of allylic oxidation sites excluding steroid dienone is 10. The van der Waals surface area contributed by atoms with Gasteiger partial charge in [-0.2, -0.15) is 0 Å². The molecule has 1 N–H and O–H groups in total. The van der Waals surface area contributed by atoms with Crippen molar-refractivity contribution in [2.24, 2.45) is 0 Å². The molecule has 5 nitrogen and oxygen atoms in total. The fraction of sp³-hybridized carbons (Fsp3) is 0.676. The average Bonchev–Trinajstić information content (AvgIpc) is 2.99. The molecule has 0 saturated heterocycles. The molecule has 1 atom stereocenters. The van der Waals surface area contributed by atoms with E-state index >= 15 is 0 Å². The lowest BCUT2D eigenvalue weighted by atomic mass is 10.1. The summed E-state index contributed by atoms with van der Waals surface area (Å²) in [4.78, 5) is 24.1. The Bertz CT molecular complexity index is 762. The first-order valence-corrected chi connectivity index (χ1v) is 16.8. The number of aliphatic hydroxyl groups is 1. The number of carbonyl (C=O) groups is 2. The van der Waals surface area contributed by atoms with E-state index in [1.807, 2.05) is 0 Å². The third kappa shape index (κ3) is 30.6. The second-order valence-corrected chi connectivity index (χ2v) is 10.9. The summed E-state index contributed by atoms with van der Waals surface area (Å²) >= 11 is 0. The normalized spacial score (nSPS) is 12.9. The molecular formula is C37H62O5. The number of rotatable bonds is 29. The standard InChI is InChI=1S/C37H62O5/c1-3-5-7-9-11-13-15-16-17-18-19-20-22-24-26-28-30-32-37(40)42-35(33-38)34-41-36(39)31-29-27-25-23-21-14-12-10-8-6-4-2/h5,7,11,13,16-17,19-20,24,26,35,38H,3-4,6,8-10,12,14-15,18,21-23,25,27-34H2,1-2H3/b7-5+,13-11+,17-16+,20-19+,26-24+/t35-/m0/s1. The molecule has 0 fully saturated rings. The zero-order chi connectivity index (χ0) is 30.8. The van der Waals surface area contributed by atoms with Crippen molar-refractivity contribution in [3.8, 4) is 0 Å². The fourth-order valence-corrected chi connectivity index (χ4v) is 4.29. The van der Waals surface area contributed by atoms with Crippen LogP contribution in [0, 0.1) is 0 Å². The van der Waals surface area contributed by atoms with Crippen molar-refractivity contribution < 1.29 is 24.2 Å². The fourth-order valence-electron chi connectivity index (χ4n) is 4.29. The van der Waals surface area contributed by atoms with Gasteiger partial charge in [-0.25, -0.2) is 0 Å². The number of aliphatic hydroxyl groups excluding tert-OH is 1. The molecule has 0 aliphatic heterocycles. The summed E-state index contributed by atoms with van der Waals surface area (Å²) in [6.07, 6.45) is 41.3. The van der Waals surface area contributed by atoms with Crippen LogP contribution in [0.3, 0.4) is 0 Å². The zero-order valence-electron chi connectivity index (χ0n) is 27.0. The third-order valence-electron chi connectivity index (χ3n) is 6.83. The molecule has 0 rings (SSSR count). The topological polar surface area (TPSA) is 72.8 Å². The van der Waals surface area contributed by atoms with Crippen LogP contribution in [0.5, 0.6) is 0 Å². The number of hydrogen-bond acceptors (Lipinski definition) is 5. The first kappa shape index (κ1) is 39.6. The highest BCUT2D eigenvalue weighted by molar-refractivity contribution is 5.70. The van der Waals surface area contributed by atoms with Gasteiger partial charge in [0.25, 0.3) is 0 Å². The molecule has 0 unspecified atom stereocenters. The summed E-state index contributed by atoms with van der Waals surface area (Å²) in [6.45, 7) is 3.94. The van der Waals surface area contributed by atoms with Crippen molar-refractivity contribution in [1.29, 1.82) is 0 Å². The molecule has 42 heavy (non-hydrogen) atoms. The molecule has 5 heteroatoms. The van der Waals surface area contributed by atoms with Crippen LogP contribution in [0.2, 0.25) is 0 Å². The molecule has 0 aromatic heterocycles. The number of carbonyl (C=O) groups excluding carboxylic acids is 2. The molecule has 0 bridgehead atoms. The van der Waals surface area contributed by atoms with Gasteiger partial charge < -0.3 is 14.6 Å². The Morgan fingerprint density at radius 3 is 1.52 bits per heavy atom. The SMILES string of the molecule is CC/C=C/C/C=C/C/C=C/C/C=C/C/C=C/CCCC(=O)O[C@@H](CO)COC(=O)CCCCCCCCCCCCC. The second kappa shape index (κ2) is 33.1. The summed E-state index contributed by atoms with van der Waals surface area (Å²) in [5.41, 5.74) is 0. The summed E-state index contributed by atoms with van der Waals surface area (Å²) in [7, 11) is 0. The molecule has 0 saturated carbocycles. The van der Waals surface area contributed by atoms with Crippen LogP contribution in [-0.2, 0) is 19.1 Å². The molecule has 0 aliphatic rings. The Morgan fingerprint density at radius 1 is 0.571 bits per heavy atom. The minimum atomic E-state index is -0.799. The lowest BCUT2D eigenvalue weighted by molar-refractivity contribution is -0.161. The maximum atomic E-state index is 12.1. The minimum Gasteiger partial charge on any atom is -0.462 e. The van der Waals surface area contributed by atoms with E-state index in [1.165, 1.54) is 51.4 Å². The van der Waals surface area contributed by atoms with Gasteiger partial charge in [0.05, 0.1) is 6.61 Å². The molecule has 0 radical (unpaired) electrons. The molecule has 0 heterocycles. The maximum absolute atomic E-state index is 12.1. The number of ether oxygens (including phenoxy) is 2. The first-order chi connectivity index (χ1) is 20.6. The van der Waals surface area contributed by atoms with Gasteiger partial charge in [0, 0.05) is 12.8 Å². The van der Waals surface area contributed by atoms with Gasteiger partial charge in [0.1, 0.15) is 6.61 Å². The Labute approximate surface area is 258 Å². The van der Waals surface area contributed by atoms with Gasteiger partial charge >= 0.3 is 11.9 Å². The largest absolute Gasteiger partial charge is 0.462 e. The van der Waals surface area contributed by atoms with Crippen molar-refractivity contribution in [2.45, 2.75) is 148 Å². The van der Waals surface area contributed by atoms with E-state index in [0.717, 1.165) is 57.8 Å². The van der Waals surface area contributed by atoms with E-state index in [2.05, 4.69) is 74.6 Å². The van der Waals surface area contributed by atoms with Gasteiger partial charge in [-0.3, -0.25) is 9.59 Å². The zero-order valence-corrected chi connectivity index (χ0v) is 27.0. The van der Waals surface area contributed by atoms with Gasteiger partial charge in [-0.15, -0.1) is 0 Å². The molecule has 0 aromatic rings. The van der Waals surface area contributed by atoms with Gasteiger partial charge in [0.2, 0.25) is 0 Å². The Balaban J connectivity index is 3.73. The van der Waals surface area contributed by atoms with Crippen molar-refractivity contribution >= 4 is 11.9 Å². The Hall–Kier alpha value is -2.40. The first-order valence-electron chi connectivity index (χ1n) is 16.8.